The minimum absolute atomic E-state index is 0.754. The quantitative estimate of drug-likeness (QED) is 0.746. The Kier molecular flexibility index (Phi) is 6.75. The maximum Gasteiger partial charge on any atom is 0.0367 e. The van der Waals surface area contributed by atoms with Gasteiger partial charge in [-0.3, -0.25) is 0 Å². The van der Waals surface area contributed by atoms with Gasteiger partial charge in [-0.05, 0) is 68.8 Å². The van der Waals surface area contributed by atoms with Crippen molar-refractivity contribution in [3.8, 4) is 0 Å². The molecule has 1 aromatic rings. The highest BCUT2D eigenvalue weighted by Crippen LogP contribution is 2.32. The van der Waals surface area contributed by atoms with Gasteiger partial charge in [0, 0.05) is 18.8 Å². The van der Waals surface area contributed by atoms with Crippen molar-refractivity contribution in [3.63, 3.8) is 0 Å². The number of hydrogen-bond acceptors (Lipinski definition) is 2. The zero-order valence-corrected chi connectivity index (χ0v) is 15.0. The second kappa shape index (κ2) is 8.57. The predicted molar refractivity (Wildman–Crippen MR) is 97.9 cm³/mol. The molecule has 0 spiro atoms. The van der Waals surface area contributed by atoms with E-state index in [0.29, 0.717) is 0 Å². The van der Waals surface area contributed by atoms with Gasteiger partial charge in [0.05, 0.1) is 0 Å². The lowest BCUT2D eigenvalue weighted by molar-refractivity contribution is 0.136. The number of benzene rings is 1. The molecule has 1 fully saturated rings. The van der Waals surface area contributed by atoms with Crippen molar-refractivity contribution < 1.29 is 0 Å². The van der Waals surface area contributed by atoms with Crippen LogP contribution in [0.2, 0.25) is 0 Å². The molecule has 2 heteroatoms. The lowest BCUT2D eigenvalue weighted by Crippen LogP contribution is -2.40. The van der Waals surface area contributed by atoms with Crippen LogP contribution in [0.4, 0.5) is 5.69 Å². The Hall–Kier alpha value is -1.02. The number of rotatable bonds is 7. The minimum Gasteiger partial charge on any atom is -0.388 e. The average molecular weight is 303 g/mol. The Morgan fingerprint density at radius 2 is 1.77 bits per heavy atom. The molecule has 0 radical (unpaired) electrons. The van der Waals surface area contributed by atoms with Crippen LogP contribution in [-0.2, 0) is 0 Å². The van der Waals surface area contributed by atoms with E-state index in [2.05, 4.69) is 49.2 Å². The van der Waals surface area contributed by atoms with Gasteiger partial charge in [0.2, 0.25) is 0 Å². The molecule has 2 nitrogen and oxygen atoms in total. The summed E-state index contributed by atoms with van der Waals surface area (Å²) in [7, 11) is 2.00. The molecular weight excluding hydrogens is 268 g/mol. The fraction of sp³-hybridized carbons (Fsp3) is 0.700. The van der Waals surface area contributed by atoms with Crippen LogP contribution in [0.25, 0.3) is 0 Å². The van der Waals surface area contributed by atoms with Crippen LogP contribution in [-0.4, -0.2) is 31.1 Å². The van der Waals surface area contributed by atoms with Gasteiger partial charge < -0.3 is 10.2 Å². The second-order valence-electron chi connectivity index (χ2n) is 6.87. The van der Waals surface area contributed by atoms with Crippen molar-refractivity contribution in [3.05, 3.63) is 29.3 Å². The molecule has 1 saturated heterocycles. The van der Waals surface area contributed by atoms with Crippen molar-refractivity contribution in [2.24, 2.45) is 0 Å². The van der Waals surface area contributed by atoms with Gasteiger partial charge >= 0.3 is 0 Å². The molecule has 0 bridgehead atoms. The largest absolute Gasteiger partial charge is 0.388 e. The fourth-order valence-electron chi connectivity index (χ4n) is 4.00. The van der Waals surface area contributed by atoms with E-state index in [4.69, 9.17) is 0 Å². The lowest BCUT2D eigenvalue weighted by Gasteiger charge is -2.38. The van der Waals surface area contributed by atoms with E-state index in [-0.39, 0.29) is 0 Å². The summed E-state index contributed by atoms with van der Waals surface area (Å²) in [5.41, 5.74) is 4.17. The molecule has 0 saturated carbocycles. The number of aryl methyl sites for hydroxylation is 1. The van der Waals surface area contributed by atoms with Gasteiger partial charge in [0.1, 0.15) is 0 Å². The van der Waals surface area contributed by atoms with E-state index < -0.39 is 0 Å². The van der Waals surface area contributed by atoms with Crippen molar-refractivity contribution in [2.75, 3.05) is 25.5 Å². The molecule has 0 aliphatic carbocycles. The standard InChI is InChI=1S/C20H34N2/c1-5-7-19(8-6-2)22-13-11-17(12-14-22)18-9-10-20(21-4)16(3)15-18/h9-10,15,17,19,21H,5-8,11-14H2,1-4H3. The summed E-state index contributed by atoms with van der Waals surface area (Å²) in [4.78, 5) is 2.76. The van der Waals surface area contributed by atoms with Crippen molar-refractivity contribution in [1.29, 1.82) is 0 Å². The van der Waals surface area contributed by atoms with Gasteiger partial charge in [0.15, 0.2) is 0 Å². The normalized spacial score (nSPS) is 17.1. The van der Waals surface area contributed by atoms with Crippen molar-refractivity contribution in [2.45, 2.75) is 71.3 Å². The Morgan fingerprint density at radius 1 is 1.14 bits per heavy atom. The molecule has 0 amide bonds. The number of hydrogen-bond donors (Lipinski definition) is 1. The SMILES string of the molecule is CCCC(CCC)N1CCC(c2ccc(NC)c(C)c2)CC1. The Labute approximate surface area is 137 Å². The molecule has 1 aliphatic heterocycles. The summed E-state index contributed by atoms with van der Waals surface area (Å²) in [6.45, 7) is 9.41. The van der Waals surface area contributed by atoms with Gasteiger partial charge in [-0.1, -0.05) is 38.8 Å². The van der Waals surface area contributed by atoms with Gasteiger partial charge in [0.25, 0.3) is 0 Å². The van der Waals surface area contributed by atoms with Crippen LogP contribution in [0.3, 0.4) is 0 Å². The number of nitrogens with zero attached hydrogens (tertiary/aromatic N) is 1. The maximum absolute atomic E-state index is 3.27. The van der Waals surface area contributed by atoms with E-state index in [0.717, 1.165) is 12.0 Å². The van der Waals surface area contributed by atoms with Gasteiger partial charge in [-0.2, -0.15) is 0 Å². The average Bonchev–Trinajstić information content (AvgIpc) is 2.55. The summed E-state index contributed by atoms with van der Waals surface area (Å²) in [5.74, 6) is 0.754. The molecular formula is C20H34N2. The predicted octanol–water partition coefficient (Wildman–Crippen LogP) is 5.18. The van der Waals surface area contributed by atoms with Crippen LogP contribution in [0.1, 0.15) is 69.4 Å². The molecule has 0 unspecified atom stereocenters. The molecule has 0 aromatic heterocycles. The first-order valence-electron chi connectivity index (χ1n) is 9.21. The smallest absolute Gasteiger partial charge is 0.0367 e. The van der Waals surface area contributed by atoms with E-state index in [1.807, 2.05) is 7.05 Å². The second-order valence-corrected chi connectivity index (χ2v) is 6.87. The lowest BCUT2D eigenvalue weighted by atomic mass is 9.87. The van der Waals surface area contributed by atoms with Crippen LogP contribution < -0.4 is 5.32 Å². The number of anilines is 1. The van der Waals surface area contributed by atoms with Crippen LogP contribution in [0, 0.1) is 6.92 Å². The zero-order valence-electron chi connectivity index (χ0n) is 15.0. The topological polar surface area (TPSA) is 15.3 Å². The van der Waals surface area contributed by atoms with Gasteiger partial charge in [-0.15, -0.1) is 0 Å². The fourth-order valence-corrected chi connectivity index (χ4v) is 4.00. The third-order valence-corrected chi connectivity index (χ3v) is 5.28. The molecule has 1 heterocycles. The molecule has 124 valence electrons. The van der Waals surface area contributed by atoms with Crippen LogP contribution >= 0.6 is 0 Å². The monoisotopic (exact) mass is 302 g/mol. The van der Waals surface area contributed by atoms with Crippen LogP contribution in [0.15, 0.2) is 18.2 Å². The first-order valence-corrected chi connectivity index (χ1v) is 9.21. The van der Waals surface area contributed by atoms with E-state index in [9.17, 15) is 0 Å². The summed E-state index contributed by atoms with van der Waals surface area (Å²) in [5, 5.41) is 3.27. The molecule has 1 aliphatic rings. The molecule has 1 aromatic carbocycles. The van der Waals surface area contributed by atoms with Gasteiger partial charge in [-0.25, -0.2) is 0 Å². The number of nitrogens with one attached hydrogen (secondary N) is 1. The summed E-state index contributed by atoms with van der Waals surface area (Å²) in [6.07, 6.45) is 8.01. The highest BCUT2D eigenvalue weighted by molar-refractivity contribution is 5.52. The number of likely N-dealkylation sites (tertiary alicyclic amines) is 1. The summed E-state index contributed by atoms with van der Waals surface area (Å²) in [6, 6.07) is 7.79. The zero-order chi connectivity index (χ0) is 15.9. The number of piperidine rings is 1. The van der Waals surface area contributed by atoms with Crippen molar-refractivity contribution in [1.82, 2.24) is 4.90 Å². The van der Waals surface area contributed by atoms with E-state index in [1.54, 1.807) is 5.56 Å². The molecule has 2 rings (SSSR count). The molecule has 1 N–H and O–H groups in total. The molecule has 0 atom stereocenters. The van der Waals surface area contributed by atoms with E-state index >= 15 is 0 Å². The molecule has 22 heavy (non-hydrogen) atoms. The van der Waals surface area contributed by atoms with Crippen LogP contribution in [0.5, 0.6) is 0 Å². The Morgan fingerprint density at radius 3 is 2.27 bits per heavy atom. The summed E-state index contributed by atoms with van der Waals surface area (Å²) < 4.78 is 0. The third-order valence-electron chi connectivity index (χ3n) is 5.28. The highest BCUT2D eigenvalue weighted by Gasteiger charge is 2.25. The third kappa shape index (κ3) is 4.25. The van der Waals surface area contributed by atoms with E-state index in [1.165, 1.54) is 62.9 Å². The summed E-state index contributed by atoms with van der Waals surface area (Å²) >= 11 is 0. The first-order chi connectivity index (χ1) is 10.7. The maximum atomic E-state index is 3.27. The van der Waals surface area contributed by atoms with Crippen molar-refractivity contribution >= 4 is 5.69 Å². The minimum atomic E-state index is 0.754. The Bertz CT molecular complexity index is 441. The Balaban J connectivity index is 1.95. The first kappa shape index (κ1) is 17.3. The highest BCUT2D eigenvalue weighted by atomic mass is 15.2.